The van der Waals surface area contributed by atoms with Gasteiger partial charge in [-0.3, -0.25) is 0 Å². The van der Waals surface area contributed by atoms with Crippen LogP contribution in [0.15, 0.2) is 29.2 Å². The monoisotopic (exact) mass is 189 g/mol. The van der Waals surface area contributed by atoms with Gasteiger partial charge in [-0.1, -0.05) is 23.7 Å². The highest BCUT2D eigenvalue weighted by Crippen LogP contribution is 2.20. The molecule has 1 atom stereocenters. The Hall–Kier alpha value is -0.540. The average molecular weight is 190 g/mol. The molecule has 0 aromatic heterocycles. The zero-order valence-corrected chi connectivity index (χ0v) is 7.58. The van der Waals surface area contributed by atoms with E-state index in [4.69, 9.17) is 16.4 Å². The maximum Gasteiger partial charge on any atom is 0.0711 e. The third-order valence-corrected chi connectivity index (χ3v) is 2.89. The molecule has 0 saturated carbocycles. The minimum atomic E-state index is -2.67. The van der Waals surface area contributed by atoms with Crippen LogP contribution in [0.25, 0.3) is 0 Å². The average Bonchev–Trinajstić information content (AvgIpc) is 1.86. The predicted octanol–water partition coefficient (Wildman–Crippen LogP) is 2.38. The van der Waals surface area contributed by atoms with E-state index >= 15 is 0 Å². The van der Waals surface area contributed by atoms with Crippen LogP contribution < -0.4 is 0 Å². The molecule has 0 unspecified atom stereocenters. The van der Waals surface area contributed by atoms with Gasteiger partial charge in [0.1, 0.15) is 0 Å². The van der Waals surface area contributed by atoms with Gasteiger partial charge in [0.25, 0.3) is 0 Å². The SMILES string of the molecule is C[S@](=N)(=O)c1ccccc1Cl. The van der Waals surface area contributed by atoms with Gasteiger partial charge < -0.3 is 0 Å². The lowest BCUT2D eigenvalue weighted by Gasteiger charge is -2.01. The van der Waals surface area contributed by atoms with Gasteiger partial charge in [-0.15, -0.1) is 0 Å². The van der Waals surface area contributed by atoms with Crippen LogP contribution in [0, 0.1) is 4.78 Å². The summed E-state index contributed by atoms with van der Waals surface area (Å²) in [6, 6.07) is 6.71. The first-order valence-corrected chi connectivity index (χ1v) is 5.34. The van der Waals surface area contributed by atoms with E-state index in [0.29, 0.717) is 9.92 Å². The maximum atomic E-state index is 11.2. The van der Waals surface area contributed by atoms with E-state index in [0.717, 1.165) is 0 Å². The van der Waals surface area contributed by atoms with Crippen molar-refractivity contribution < 1.29 is 4.21 Å². The zero-order chi connectivity index (χ0) is 8.48. The molecule has 1 rings (SSSR count). The summed E-state index contributed by atoms with van der Waals surface area (Å²) < 4.78 is 18.4. The van der Waals surface area contributed by atoms with Gasteiger partial charge in [0.05, 0.1) is 19.6 Å². The van der Waals surface area contributed by atoms with Crippen molar-refractivity contribution in [1.29, 1.82) is 4.78 Å². The van der Waals surface area contributed by atoms with Crippen LogP contribution in [0.3, 0.4) is 0 Å². The number of rotatable bonds is 1. The first kappa shape index (κ1) is 8.56. The quantitative estimate of drug-likeness (QED) is 0.724. The Bertz CT molecular complexity index is 358. The molecule has 0 aliphatic carbocycles. The second kappa shape index (κ2) is 2.83. The van der Waals surface area contributed by atoms with Crippen molar-refractivity contribution in [2.24, 2.45) is 0 Å². The summed E-state index contributed by atoms with van der Waals surface area (Å²) in [4.78, 5) is 0.404. The van der Waals surface area contributed by atoms with Gasteiger partial charge in [0.2, 0.25) is 0 Å². The highest BCUT2D eigenvalue weighted by Gasteiger charge is 2.05. The number of halogens is 1. The first-order chi connectivity index (χ1) is 5.02. The molecule has 0 aliphatic heterocycles. The summed E-state index contributed by atoms with van der Waals surface area (Å²) >= 11 is 5.71. The standard InChI is InChI=1S/C7H8ClNOS/c1-11(9,10)7-5-3-2-4-6(7)8/h2-5,9H,1H3/t11-/m0/s1. The third kappa shape index (κ3) is 1.94. The van der Waals surface area contributed by atoms with E-state index in [2.05, 4.69) is 0 Å². The summed E-state index contributed by atoms with van der Waals surface area (Å²) in [5, 5.41) is 0.398. The van der Waals surface area contributed by atoms with Gasteiger partial charge >= 0.3 is 0 Å². The van der Waals surface area contributed by atoms with E-state index in [1.807, 2.05) is 0 Å². The third-order valence-electron chi connectivity index (χ3n) is 1.26. The van der Waals surface area contributed by atoms with Gasteiger partial charge in [-0.2, -0.15) is 0 Å². The van der Waals surface area contributed by atoms with Crippen molar-refractivity contribution >= 4 is 21.3 Å². The van der Waals surface area contributed by atoms with Crippen molar-refractivity contribution in [3.8, 4) is 0 Å². The van der Waals surface area contributed by atoms with Gasteiger partial charge in [0.15, 0.2) is 0 Å². The van der Waals surface area contributed by atoms with Crippen LogP contribution in [0.5, 0.6) is 0 Å². The molecule has 0 amide bonds. The van der Waals surface area contributed by atoms with E-state index in [1.54, 1.807) is 24.3 Å². The van der Waals surface area contributed by atoms with Crippen LogP contribution in [-0.4, -0.2) is 10.5 Å². The van der Waals surface area contributed by atoms with Gasteiger partial charge in [-0.05, 0) is 12.1 Å². The van der Waals surface area contributed by atoms with Crippen molar-refractivity contribution in [2.75, 3.05) is 6.26 Å². The highest BCUT2D eigenvalue weighted by atomic mass is 35.5. The van der Waals surface area contributed by atoms with Crippen molar-refractivity contribution in [3.63, 3.8) is 0 Å². The van der Waals surface area contributed by atoms with Crippen LogP contribution in [0.2, 0.25) is 5.02 Å². The second-order valence-electron chi connectivity index (χ2n) is 2.27. The molecular weight excluding hydrogens is 182 g/mol. The number of benzene rings is 1. The molecule has 4 heteroatoms. The Balaban J connectivity index is 3.37. The normalized spacial score (nSPS) is 15.8. The summed E-state index contributed by atoms with van der Waals surface area (Å²) in [6.07, 6.45) is 1.36. The van der Waals surface area contributed by atoms with Crippen LogP contribution >= 0.6 is 11.6 Å². The van der Waals surface area contributed by atoms with Crippen molar-refractivity contribution in [3.05, 3.63) is 29.3 Å². The van der Waals surface area contributed by atoms with E-state index < -0.39 is 9.73 Å². The molecular formula is C7H8ClNOS. The second-order valence-corrected chi connectivity index (χ2v) is 4.81. The van der Waals surface area contributed by atoms with Crippen LogP contribution in [0.1, 0.15) is 0 Å². The van der Waals surface area contributed by atoms with E-state index in [9.17, 15) is 4.21 Å². The van der Waals surface area contributed by atoms with Crippen LogP contribution in [0.4, 0.5) is 0 Å². The van der Waals surface area contributed by atoms with Crippen molar-refractivity contribution in [2.45, 2.75) is 4.90 Å². The Morgan fingerprint density at radius 3 is 2.36 bits per heavy atom. The lowest BCUT2D eigenvalue weighted by Crippen LogP contribution is -1.94. The molecule has 0 spiro atoms. The number of hydrogen-bond acceptors (Lipinski definition) is 2. The fourth-order valence-electron chi connectivity index (χ4n) is 0.761. The molecule has 0 radical (unpaired) electrons. The summed E-state index contributed by atoms with van der Waals surface area (Å²) in [5.74, 6) is 0. The fourth-order valence-corrected chi connectivity index (χ4v) is 2.12. The largest absolute Gasteiger partial charge is 0.249 e. The minimum Gasteiger partial charge on any atom is -0.249 e. The Morgan fingerprint density at radius 1 is 1.45 bits per heavy atom. The molecule has 0 aliphatic rings. The summed E-state index contributed by atoms with van der Waals surface area (Å²) in [7, 11) is -2.67. The van der Waals surface area contributed by atoms with E-state index in [1.165, 1.54) is 6.26 Å². The molecule has 0 saturated heterocycles. The molecule has 1 aromatic rings. The zero-order valence-electron chi connectivity index (χ0n) is 6.00. The van der Waals surface area contributed by atoms with Crippen molar-refractivity contribution in [1.82, 2.24) is 0 Å². The molecule has 0 heterocycles. The smallest absolute Gasteiger partial charge is 0.0711 e. The molecule has 60 valence electrons. The highest BCUT2D eigenvalue weighted by molar-refractivity contribution is 7.91. The molecule has 11 heavy (non-hydrogen) atoms. The topological polar surface area (TPSA) is 40.9 Å². The van der Waals surface area contributed by atoms with Crippen LogP contribution in [-0.2, 0) is 9.73 Å². The number of nitrogens with one attached hydrogen (secondary N) is 1. The Kier molecular flexibility index (Phi) is 2.20. The lowest BCUT2D eigenvalue weighted by atomic mass is 10.4. The van der Waals surface area contributed by atoms with Gasteiger partial charge in [-0.25, -0.2) is 8.99 Å². The molecule has 2 nitrogen and oxygen atoms in total. The maximum absolute atomic E-state index is 11.2. The minimum absolute atomic E-state index is 0.398. The van der Waals surface area contributed by atoms with E-state index in [-0.39, 0.29) is 0 Å². The Labute approximate surface area is 71.2 Å². The summed E-state index contributed by atoms with van der Waals surface area (Å²) in [5.41, 5.74) is 0. The fraction of sp³-hybridized carbons (Fsp3) is 0.143. The van der Waals surface area contributed by atoms with Gasteiger partial charge in [0, 0.05) is 6.26 Å². The molecule has 1 aromatic carbocycles. The Morgan fingerprint density at radius 2 is 2.00 bits per heavy atom. The molecule has 1 N–H and O–H groups in total. The molecule has 0 bridgehead atoms. The first-order valence-electron chi connectivity index (χ1n) is 3.00. The molecule has 0 fully saturated rings. The predicted molar refractivity (Wildman–Crippen MR) is 46.5 cm³/mol. The number of hydrogen-bond donors (Lipinski definition) is 1. The lowest BCUT2D eigenvalue weighted by molar-refractivity contribution is 0.679. The summed E-state index contributed by atoms with van der Waals surface area (Å²) in [6.45, 7) is 0.